The number of ether oxygens (including phenoxy) is 1. The van der Waals surface area contributed by atoms with Crippen molar-refractivity contribution in [2.75, 3.05) is 26.7 Å². The molecule has 1 saturated carbocycles. The van der Waals surface area contributed by atoms with E-state index in [-0.39, 0.29) is 5.91 Å². The minimum atomic E-state index is 0.160. The summed E-state index contributed by atoms with van der Waals surface area (Å²) in [5, 5.41) is 3.21. The number of rotatable bonds is 6. The van der Waals surface area contributed by atoms with Crippen LogP contribution in [0.25, 0.3) is 0 Å². The van der Waals surface area contributed by atoms with Crippen LogP contribution in [0.2, 0.25) is 0 Å². The Hall–Kier alpha value is -1.55. The number of hydrogen-bond donors (Lipinski definition) is 1. The second-order valence-electron chi connectivity index (χ2n) is 6.82. The van der Waals surface area contributed by atoms with E-state index >= 15 is 0 Å². The van der Waals surface area contributed by atoms with Crippen LogP contribution in [-0.2, 0) is 0 Å². The highest BCUT2D eigenvalue weighted by Gasteiger charge is 2.23. The molecule has 23 heavy (non-hydrogen) atoms. The van der Waals surface area contributed by atoms with Crippen molar-refractivity contribution in [2.24, 2.45) is 5.92 Å². The molecule has 1 N–H and O–H groups in total. The molecule has 0 unspecified atom stereocenters. The fourth-order valence-electron chi connectivity index (χ4n) is 3.31. The van der Waals surface area contributed by atoms with Gasteiger partial charge in [0.2, 0.25) is 0 Å². The summed E-state index contributed by atoms with van der Waals surface area (Å²) in [7, 11) is 2.00. The lowest BCUT2D eigenvalue weighted by atomic mass is 9.93. The Morgan fingerprint density at radius 1 is 1.17 bits per heavy atom. The summed E-state index contributed by atoms with van der Waals surface area (Å²) in [5.74, 6) is 1.80. The fourth-order valence-corrected chi connectivity index (χ4v) is 3.31. The van der Waals surface area contributed by atoms with Crippen molar-refractivity contribution < 1.29 is 9.53 Å². The van der Waals surface area contributed by atoms with E-state index in [0.717, 1.165) is 62.5 Å². The average Bonchev–Trinajstić information content (AvgIpc) is 2.57. The minimum absolute atomic E-state index is 0.160. The molecule has 0 atom stereocenters. The highest BCUT2D eigenvalue weighted by atomic mass is 16.5. The van der Waals surface area contributed by atoms with Crippen molar-refractivity contribution >= 4 is 5.91 Å². The molecule has 4 nitrogen and oxygen atoms in total. The second-order valence-corrected chi connectivity index (χ2v) is 6.82. The molecular weight excluding hydrogens is 288 g/mol. The average molecular weight is 316 g/mol. The van der Waals surface area contributed by atoms with E-state index in [1.54, 1.807) is 0 Å². The molecule has 2 aliphatic rings. The van der Waals surface area contributed by atoms with Crippen LogP contribution >= 0.6 is 0 Å². The van der Waals surface area contributed by atoms with Gasteiger partial charge in [0, 0.05) is 18.7 Å². The first-order chi connectivity index (χ1) is 11.3. The third-order valence-corrected chi connectivity index (χ3v) is 5.16. The molecule has 126 valence electrons. The van der Waals surface area contributed by atoms with Gasteiger partial charge in [-0.05, 0) is 82.3 Å². The van der Waals surface area contributed by atoms with Gasteiger partial charge < -0.3 is 15.0 Å². The molecule has 0 aromatic heterocycles. The molecule has 1 aromatic rings. The lowest BCUT2D eigenvalue weighted by Crippen LogP contribution is -2.38. The minimum Gasteiger partial charge on any atom is -0.490 e. The maximum atomic E-state index is 12.6. The van der Waals surface area contributed by atoms with Crippen LogP contribution in [-0.4, -0.2) is 43.6 Å². The molecule has 4 heteroatoms. The predicted octanol–water partition coefficient (Wildman–Crippen LogP) is 3.08. The van der Waals surface area contributed by atoms with Crippen molar-refractivity contribution in [2.45, 2.75) is 44.6 Å². The van der Waals surface area contributed by atoms with Crippen molar-refractivity contribution in [1.29, 1.82) is 0 Å². The third kappa shape index (κ3) is 4.25. The molecule has 0 radical (unpaired) electrons. The van der Waals surface area contributed by atoms with Gasteiger partial charge in [-0.3, -0.25) is 4.79 Å². The summed E-state index contributed by atoms with van der Waals surface area (Å²) in [6.45, 7) is 2.84. The Morgan fingerprint density at radius 3 is 2.43 bits per heavy atom. The van der Waals surface area contributed by atoms with Gasteiger partial charge in [0.05, 0.1) is 6.10 Å². The van der Waals surface area contributed by atoms with E-state index in [9.17, 15) is 4.79 Å². The van der Waals surface area contributed by atoms with Gasteiger partial charge in [0.15, 0.2) is 0 Å². The second kappa shape index (κ2) is 7.82. The number of nitrogens with one attached hydrogen (secondary N) is 1. The maximum Gasteiger partial charge on any atom is 0.253 e. The van der Waals surface area contributed by atoms with E-state index in [2.05, 4.69) is 5.32 Å². The lowest BCUT2D eigenvalue weighted by molar-refractivity contribution is 0.0687. The summed E-state index contributed by atoms with van der Waals surface area (Å²) in [5.41, 5.74) is 0.777. The monoisotopic (exact) mass is 316 g/mol. The zero-order valence-corrected chi connectivity index (χ0v) is 14.1. The number of amides is 1. The van der Waals surface area contributed by atoms with E-state index in [1.807, 2.05) is 36.2 Å². The molecule has 0 bridgehead atoms. The summed E-state index contributed by atoms with van der Waals surface area (Å²) in [6, 6.07) is 7.68. The van der Waals surface area contributed by atoms with Crippen LogP contribution in [0.5, 0.6) is 5.75 Å². The molecule has 1 amide bonds. The number of nitrogens with zero attached hydrogens (tertiary/aromatic N) is 1. The molecule has 1 heterocycles. The van der Waals surface area contributed by atoms with E-state index in [4.69, 9.17) is 4.74 Å². The molecule has 1 saturated heterocycles. The topological polar surface area (TPSA) is 41.6 Å². The molecule has 2 fully saturated rings. The zero-order valence-electron chi connectivity index (χ0n) is 14.1. The summed E-state index contributed by atoms with van der Waals surface area (Å²) in [6.07, 6.45) is 7.42. The number of likely N-dealkylation sites (tertiary alicyclic amines) is 1. The Balaban J connectivity index is 1.49. The van der Waals surface area contributed by atoms with Crippen LogP contribution in [0.4, 0.5) is 0 Å². The van der Waals surface area contributed by atoms with Gasteiger partial charge in [0.25, 0.3) is 5.91 Å². The molecule has 3 rings (SSSR count). The number of benzene rings is 1. The Labute approximate surface area is 139 Å². The predicted molar refractivity (Wildman–Crippen MR) is 91.9 cm³/mol. The summed E-state index contributed by atoms with van der Waals surface area (Å²) in [4.78, 5) is 14.6. The molecule has 1 aliphatic carbocycles. The Bertz CT molecular complexity index is 503. The smallest absolute Gasteiger partial charge is 0.253 e. The van der Waals surface area contributed by atoms with Crippen LogP contribution < -0.4 is 10.1 Å². The fraction of sp³-hybridized carbons (Fsp3) is 0.632. The largest absolute Gasteiger partial charge is 0.490 e. The van der Waals surface area contributed by atoms with E-state index in [0.29, 0.717) is 6.10 Å². The number of hydrogen-bond acceptors (Lipinski definition) is 3. The highest BCUT2D eigenvalue weighted by Crippen LogP contribution is 2.26. The van der Waals surface area contributed by atoms with E-state index < -0.39 is 0 Å². The summed E-state index contributed by atoms with van der Waals surface area (Å²) < 4.78 is 5.85. The van der Waals surface area contributed by atoms with E-state index in [1.165, 1.54) is 12.8 Å². The van der Waals surface area contributed by atoms with Crippen molar-refractivity contribution in [3.05, 3.63) is 29.8 Å². The summed E-state index contributed by atoms with van der Waals surface area (Å²) >= 11 is 0. The maximum absolute atomic E-state index is 12.6. The van der Waals surface area contributed by atoms with Gasteiger partial charge in [-0.2, -0.15) is 0 Å². The number of piperidine rings is 1. The van der Waals surface area contributed by atoms with Gasteiger partial charge in [0.1, 0.15) is 5.75 Å². The molecular formula is C19H28N2O2. The quantitative estimate of drug-likeness (QED) is 0.877. The third-order valence-electron chi connectivity index (χ3n) is 5.16. The number of carbonyl (C=O) groups excluding carboxylic acids is 1. The van der Waals surface area contributed by atoms with Crippen molar-refractivity contribution in [3.63, 3.8) is 0 Å². The standard InChI is InChI=1S/C19H28N2O2/c1-20-12-9-15-10-13-21(14-11-15)19(22)16-5-7-18(8-6-16)23-17-3-2-4-17/h5-8,15,17,20H,2-4,9-14H2,1H3. The highest BCUT2D eigenvalue weighted by molar-refractivity contribution is 5.94. The van der Waals surface area contributed by atoms with Crippen LogP contribution in [0.3, 0.4) is 0 Å². The molecule has 0 spiro atoms. The first kappa shape index (κ1) is 16.3. The number of carbonyl (C=O) groups is 1. The molecule has 1 aliphatic heterocycles. The Morgan fingerprint density at radius 2 is 1.87 bits per heavy atom. The SMILES string of the molecule is CNCCC1CCN(C(=O)c2ccc(OC3CCC3)cc2)CC1. The van der Waals surface area contributed by atoms with Crippen molar-refractivity contribution in [3.8, 4) is 5.75 Å². The first-order valence-electron chi connectivity index (χ1n) is 8.97. The zero-order chi connectivity index (χ0) is 16.1. The first-order valence-corrected chi connectivity index (χ1v) is 8.97. The van der Waals surface area contributed by atoms with Gasteiger partial charge in [-0.15, -0.1) is 0 Å². The van der Waals surface area contributed by atoms with Gasteiger partial charge in [-0.1, -0.05) is 0 Å². The van der Waals surface area contributed by atoms with Crippen LogP contribution in [0.15, 0.2) is 24.3 Å². The lowest BCUT2D eigenvalue weighted by Gasteiger charge is -2.32. The van der Waals surface area contributed by atoms with Gasteiger partial charge >= 0.3 is 0 Å². The van der Waals surface area contributed by atoms with Gasteiger partial charge in [-0.25, -0.2) is 0 Å². The normalized spacial score (nSPS) is 19.4. The van der Waals surface area contributed by atoms with Crippen molar-refractivity contribution in [1.82, 2.24) is 10.2 Å². The molecule has 1 aromatic carbocycles. The van der Waals surface area contributed by atoms with Crippen LogP contribution in [0, 0.1) is 5.92 Å². The Kier molecular flexibility index (Phi) is 5.55. The van der Waals surface area contributed by atoms with Crippen LogP contribution in [0.1, 0.15) is 48.9 Å².